The number of thiophene rings is 1. The van der Waals surface area contributed by atoms with Crippen LogP contribution in [-0.2, 0) is 29.0 Å². The summed E-state index contributed by atoms with van der Waals surface area (Å²) in [4.78, 5) is 27.1. The Morgan fingerprint density at radius 1 is 1.17 bits per heavy atom. The normalized spacial score (nSPS) is 21.9. The molecule has 1 aromatic carbocycles. The van der Waals surface area contributed by atoms with Gasteiger partial charge in [-0.3, -0.25) is 9.36 Å². The average molecular weight is 613 g/mol. The molecule has 6 rings (SSSR count). The molecule has 3 aliphatic rings. The first-order valence-corrected chi connectivity index (χ1v) is 16.7. The van der Waals surface area contributed by atoms with E-state index >= 15 is 0 Å². The predicted octanol–water partition coefficient (Wildman–Crippen LogP) is 6.84. The maximum absolute atomic E-state index is 14.2. The van der Waals surface area contributed by atoms with Crippen LogP contribution in [0.1, 0.15) is 84.5 Å². The van der Waals surface area contributed by atoms with Crippen molar-refractivity contribution in [1.29, 1.82) is 0 Å². The lowest BCUT2D eigenvalue weighted by molar-refractivity contribution is -0.113. The number of halogens is 1. The van der Waals surface area contributed by atoms with Crippen LogP contribution in [0.4, 0.5) is 9.39 Å². The van der Waals surface area contributed by atoms with Crippen LogP contribution in [0.2, 0.25) is 0 Å². The largest absolute Gasteiger partial charge is 0.483 e. The Bertz CT molecular complexity index is 1460. The Hall–Kier alpha value is -2.92. The zero-order valence-electron chi connectivity index (χ0n) is 24.1. The summed E-state index contributed by atoms with van der Waals surface area (Å²) in [6, 6.07) is 6.46. The summed E-state index contributed by atoms with van der Waals surface area (Å²) in [5.41, 5.74) is 1.52. The van der Waals surface area contributed by atoms with E-state index in [0.29, 0.717) is 33.4 Å². The number of fused-ring (bicyclic) bond motifs is 3. The van der Waals surface area contributed by atoms with E-state index in [-0.39, 0.29) is 30.1 Å². The lowest BCUT2D eigenvalue weighted by atomic mass is 9.84. The molecule has 8 nitrogen and oxygen atoms in total. The fourth-order valence-electron chi connectivity index (χ4n) is 7.14. The molecule has 1 amide bonds. The standard InChI is InChI=1S/C31H37FN4O4S2/c1-18(22-15-19-12-13-20(22)14-19)36-26(16-40-24-10-7-6-9-23(24)32)34-35-31(36)41-17-27(37)33-29-28(30(38)39-2)21-8-4-3-5-11-25(21)42-29/h6-7,9-10,18-20,22H,3-5,8,11-17H2,1-2H3,(H,33,37). The monoisotopic (exact) mass is 612 g/mol. The molecule has 224 valence electrons. The Morgan fingerprint density at radius 2 is 2.00 bits per heavy atom. The van der Waals surface area contributed by atoms with Gasteiger partial charge >= 0.3 is 5.97 Å². The highest BCUT2D eigenvalue weighted by molar-refractivity contribution is 7.99. The molecule has 2 fully saturated rings. The van der Waals surface area contributed by atoms with Crippen molar-refractivity contribution < 1.29 is 23.5 Å². The van der Waals surface area contributed by atoms with E-state index in [1.165, 1.54) is 62.0 Å². The van der Waals surface area contributed by atoms with E-state index in [1.807, 2.05) is 0 Å². The van der Waals surface area contributed by atoms with Crippen molar-refractivity contribution in [3.8, 4) is 5.75 Å². The molecule has 0 spiro atoms. The summed E-state index contributed by atoms with van der Waals surface area (Å²) in [6.45, 7) is 2.28. The van der Waals surface area contributed by atoms with Gasteiger partial charge in [-0.25, -0.2) is 9.18 Å². The maximum Gasteiger partial charge on any atom is 0.341 e. The Morgan fingerprint density at radius 3 is 2.76 bits per heavy atom. The quantitative estimate of drug-likeness (QED) is 0.152. The van der Waals surface area contributed by atoms with Gasteiger partial charge in [0, 0.05) is 10.9 Å². The van der Waals surface area contributed by atoms with Crippen LogP contribution in [0.15, 0.2) is 29.4 Å². The van der Waals surface area contributed by atoms with Gasteiger partial charge in [-0.1, -0.05) is 36.7 Å². The van der Waals surface area contributed by atoms with Gasteiger partial charge < -0.3 is 14.8 Å². The number of nitrogens with zero attached hydrogens (tertiary/aromatic N) is 3. The number of carbonyl (C=O) groups excluding carboxylic acids is 2. The minimum Gasteiger partial charge on any atom is -0.483 e. The third-order valence-corrected chi connectivity index (χ3v) is 11.3. The number of ether oxygens (including phenoxy) is 2. The van der Waals surface area contributed by atoms with Crippen molar-refractivity contribution in [3.05, 3.63) is 51.9 Å². The highest BCUT2D eigenvalue weighted by Crippen LogP contribution is 2.52. The third kappa shape index (κ3) is 5.95. The van der Waals surface area contributed by atoms with Crippen LogP contribution in [0.25, 0.3) is 0 Å². The van der Waals surface area contributed by atoms with Gasteiger partial charge in [0.2, 0.25) is 5.91 Å². The van der Waals surface area contributed by atoms with E-state index in [0.717, 1.165) is 48.5 Å². The van der Waals surface area contributed by atoms with Gasteiger partial charge in [0.1, 0.15) is 11.6 Å². The average Bonchev–Trinajstić information content (AvgIpc) is 3.76. The molecule has 0 saturated heterocycles. The van der Waals surface area contributed by atoms with Crippen LogP contribution in [-0.4, -0.2) is 39.5 Å². The number of nitrogens with one attached hydrogen (secondary N) is 1. The van der Waals surface area contributed by atoms with Gasteiger partial charge in [0.15, 0.2) is 22.5 Å². The molecule has 3 aliphatic carbocycles. The molecule has 11 heteroatoms. The lowest BCUT2D eigenvalue weighted by Crippen LogP contribution is -2.25. The predicted molar refractivity (Wildman–Crippen MR) is 161 cm³/mol. The number of methoxy groups -OCH3 is 1. The van der Waals surface area contributed by atoms with Crippen LogP contribution in [0, 0.1) is 23.6 Å². The SMILES string of the molecule is COC(=O)c1c(NC(=O)CSc2nnc(COc3ccccc3F)n2C(C)C2CC3CCC2C3)sc2c1CCCCC2. The van der Waals surface area contributed by atoms with Gasteiger partial charge in [0.05, 0.1) is 18.4 Å². The number of para-hydroxylation sites is 1. The zero-order valence-corrected chi connectivity index (χ0v) is 25.7. The highest BCUT2D eigenvalue weighted by atomic mass is 32.2. The van der Waals surface area contributed by atoms with Crippen molar-refractivity contribution >= 4 is 40.0 Å². The molecule has 2 bridgehead atoms. The molecule has 0 radical (unpaired) electrons. The van der Waals surface area contributed by atoms with Gasteiger partial charge in [-0.2, -0.15) is 0 Å². The van der Waals surface area contributed by atoms with E-state index in [9.17, 15) is 14.0 Å². The molecule has 3 aromatic rings. The second-order valence-corrected chi connectivity index (χ2v) is 13.7. The van der Waals surface area contributed by atoms with Crippen molar-refractivity contribution in [1.82, 2.24) is 14.8 Å². The minimum atomic E-state index is -0.423. The lowest BCUT2D eigenvalue weighted by Gasteiger charge is -2.30. The first kappa shape index (κ1) is 29.2. The maximum atomic E-state index is 14.2. The van der Waals surface area contributed by atoms with E-state index < -0.39 is 11.8 Å². The third-order valence-electron chi connectivity index (χ3n) is 9.14. The number of aromatic nitrogens is 3. The number of amides is 1. The van der Waals surface area contributed by atoms with Crippen LogP contribution in [0.5, 0.6) is 5.75 Å². The molecule has 2 heterocycles. The van der Waals surface area contributed by atoms with E-state index in [4.69, 9.17) is 9.47 Å². The van der Waals surface area contributed by atoms with Gasteiger partial charge in [0.25, 0.3) is 0 Å². The number of aryl methyl sites for hydroxylation is 1. The number of esters is 1. The van der Waals surface area contributed by atoms with Crippen LogP contribution in [0.3, 0.4) is 0 Å². The number of benzene rings is 1. The second-order valence-electron chi connectivity index (χ2n) is 11.7. The fraction of sp³-hybridized carbons (Fsp3) is 0.548. The van der Waals surface area contributed by atoms with Crippen LogP contribution < -0.4 is 10.1 Å². The molecular weight excluding hydrogens is 575 g/mol. The molecule has 2 saturated carbocycles. The molecule has 0 aliphatic heterocycles. The fourth-order valence-corrected chi connectivity index (χ4v) is 9.27. The van der Waals surface area contributed by atoms with E-state index in [2.05, 4.69) is 27.0 Å². The summed E-state index contributed by atoms with van der Waals surface area (Å²) in [5.74, 6) is 1.82. The molecule has 42 heavy (non-hydrogen) atoms. The summed E-state index contributed by atoms with van der Waals surface area (Å²) in [7, 11) is 1.38. The van der Waals surface area contributed by atoms with Crippen LogP contribution >= 0.6 is 23.1 Å². The summed E-state index contributed by atoms with van der Waals surface area (Å²) in [5, 5.41) is 13.1. The first-order valence-electron chi connectivity index (χ1n) is 14.9. The Balaban J connectivity index is 1.19. The Kier molecular flexibility index (Phi) is 8.85. The molecule has 2 aromatic heterocycles. The topological polar surface area (TPSA) is 95.3 Å². The molecule has 4 unspecified atom stereocenters. The van der Waals surface area contributed by atoms with Crippen molar-refractivity contribution in [3.63, 3.8) is 0 Å². The van der Waals surface area contributed by atoms with Crippen molar-refractivity contribution in [2.45, 2.75) is 82.5 Å². The smallest absolute Gasteiger partial charge is 0.341 e. The van der Waals surface area contributed by atoms with Gasteiger partial charge in [-0.05, 0) is 87.3 Å². The molecule has 4 atom stereocenters. The summed E-state index contributed by atoms with van der Waals surface area (Å²) < 4.78 is 27.2. The van der Waals surface area contributed by atoms with E-state index in [1.54, 1.807) is 18.2 Å². The van der Waals surface area contributed by atoms with Crippen molar-refractivity contribution in [2.75, 3.05) is 18.2 Å². The summed E-state index contributed by atoms with van der Waals surface area (Å²) >= 11 is 2.81. The second kappa shape index (κ2) is 12.8. The zero-order chi connectivity index (χ0) is 29.2. The number of hydrogen-bond donors (Lipinski definition) is 1. The number of rotatable bonds is 10. The highest BCUT2D eigenvalue weighted by Gasteiger charge is 2.43. The first-order chi connectivity index (χ1) is 20.4. The van der Waals surface area contributed by atoms with Gasteiger partial charge in [-0.15, -0.1) is 21.5 Å². The molecule has 1 N–H and O–H groups in total. The van der Waals surface area contributed by atoms with Crippen molar-refractivity contribution in [2.24, 2.45) is 17.8 Å². The minimum absolute atomic E-state index is 0.0785. The number of thioether (sulfide) groups is 1. The number of carbonyl (C=O) groups is 2. The summed E-state index contributed by atoms with van der Waals surface area (Å²) in [6.07, 6.45) is 9.99. The Labute approximate surface area is 253 Å². The number of anilines is 1. The molecular formula is C31H37FN4O4S2. The number of hydrogen-bond acceptors (Lipinski definition) is 8.